The van der Waals surface area contributed by atoms with Gasteiger partial charge in [-0.3, -0.25) is 4.79 Å². The molecule has 1 aromatic heterocycles. The van der Waals surface area contributed by atoms with E-state index in [0.29, 0.717) is 5.92 Å². The van der Waals surface area contributed by atoms with E-state index in [-0.39, 0.29) is 12.2 Å². The molecule has 1 saturated carbocycles. The molecule has 1 fully saturated rings. The fraction of sp³-hybridized carbons (Fsp3) is 0.389. The summed E-state index contributed by atoms with van der Waals surface area (Å²) in [5.41, 5.74) is 3.52. The van der Waals surface area contributed by atoms with Crippen molar-refractivity contribution in [3.63, 3.8) is 0 Å². The van der Waals surface area contributed by atoms with E-state index in [1.54, 1.807) is 6.07 Å². The maximum Gasteiger partial charge on any atom is 0.269 e. The molecule has 0 spiro atoms. The van der Waals surface area contributed by atoms with Gasteiger partial charge in [-0.05, 0) is 35.6 Å². The number of aromatic nitrogens is 1. The Bertz CT molecular complexity index is 698. The van der Waals surface area contributed by atoms with Gasteiger partial charge in [0.2, 0.25) is 0 Å². The molecule has 1 aliphatic rings. The molecule has 0 aliphatic heterocycles. The summed E-state index contributed by atoms with van der Waals surface area (Å²) < 4.78 is 1.31. The summed E-state index contributed by atoms with van der Waals surface area (Å²) in [7, 11) is 0. The number of aliphatic hydroxyl groups is 1. The van der Waals surface area contributed by atoms with Crippen LogP contribution in [0.25, 0.3) is 11.1 Å². The zero-order valence-electron chi connectivity index (χ0n) is 12.7. The molecule has 1 aliphatic carbocycles. The van der Waals surface area contributed by atoms with E-state index >= 15 is 0 Å². The van der Waals surface area contributed by atoms with Crippen molar-refractivity contribution < 1.29 is 5.11 Å². The molecule has 116 valence electrons. The maximum absolute atomic E-state index is 12.2. The second-order valence-electron chi connectivity index (χ2n) is 6.07. The zero-order valence-corrected chi connectivity index (χ0v) is 12.7. The number of hydrogen-bond donors (Lipinski definition) is 2. The Morgan fingerprint density at radius 1 is 1.05 bits per heavy atom. The first-order chi connectivity index (χ1) is 10.7. The standard InChI is InChI=1S/C18H22N2O2/c19-20-17(15-4-2-1-3-5-15)10-16(11-18(20)22)14-8-6-13(12-21)7-9-14/h6-11,15,21H,1-5,12,19H2. The first-order valence-corrected chi connectivity index (χ1v) is 7.91. The van der Waals surface area contributed by atoms with Crippen molar-refractivity contribution in [3.05, 3.63) is 58.0 Å². The molecule has 2 aromatic rings. The monoisotopic (exact) mass is 298 g/mol. The lowest BCUT2D eigenvalue weighted by Crippen LogP contribution is -2.31. The predicted octanol–water partition coefficient (Wildman–Crippen LogP) is 2.77. The van der Waals surface area contributed by atoms with E-state index in [9.17, 15) is 4.79 Å². The number of hydrogen-bond acceptors (Lipinski definition) is 3. The molecule has 0 atom stereocenters. The van der Waals surface area contributed by atoms with Crippen molar-refractivity contribution in [2.75, 3.05) is 5.84 Å². The minimum atomic E-state index is -0.163. The van der Waals surface area contributed by atoms with Gasteiger partial charge in [-0.15, -0.1) is 0 Å². The average Bonchev–Trinajstić information content (AvgIpc) is 2.58. The van der Waals surface area contributed by atoms with Crippen LogP contribution in [-0.4, -0.2) is 9.78 Å². The lowest BCUT2D eigenvalue weighted by Gasteiger charge is -2.24. The van der Waals surface area contributed by atoms with Gasteiger partial charge in [0.05, 0.1) is 6.61 Å². The molecule has 0 radical (unpaired) electrons. The van der Waals surface area contributed by atoms with Gasteiger partial charge in [0.1, 0.15) is 0 Å². The second-order valence-corrected chi connectivity index (χ2v) is 6.07. The van der Waals surface area contributed by atoms with Gasteiger partial charge in [-0.25, -0.2) is 4.68 Å². The molecule has 22 heavy (non-hydrogen) atoms. The average molecular weight is 298 g/mol. The minimum Gasteiger partial charge on any atom is -0.392 e. The van der Waals surface area contributed by atoms with Gasteiger partial charge in [-0.2, -0.15) is 0 Å². The fourth-order valence-electron chi connectivity index (χ4n) is 3.28. The first-order valence-electron chi connectivity index (χ1n) is 7.91. The summed E-state index contributed by atoms with van der Waals surface area (Å²) in [6.45, 7) is 0.0258. The Morgan fingerprint density at radius 2 is 1.73 bits per heavy atom. The SMILES string of the molecule is Nn1c(C2CCCCC2)cc(-c2ccc(CO)cc2)cc1=O. The zero-order chi connectivity index (χ0) is 15.5. The maximum atomic E-state index is 12.2. The van der Waals surface area contributed by atoms with Crippen LogP contribution in [-0.2, 0) is 6.61 Å². The number of rotatable bonds is 3. The largest absolute Gasteiger partial charge is 0.392 e. The normalized spacial score (nSPS) is 15.9. The number of nitrogens with zero attached hydrogens (tertiary/aromatic N) is 1. The Morgan fingerprint density at radius 3 is 2.36 bits per heavy atom. The van der Waals surface area contributed by atoms with Gasteiger partial charge in [0.25, 0.3) is 5.56 Å². The molecule has 3 rings (SSSR count). The topological polar surface area (TPSA) is 68.2 Å². The van der Waals surface area contributed by atoms with Gasteiger partial charge in [0, 0.05) is 17.7 Å². The summed E-state index contributed by atoms with van der Waals surface area (Å²) in [6.07, 6.45) is 5.88. The van der Waals surface area contributed by atoms with Crippen LogP contribution in [0.15, 0.2) is 41.2 Å². The molecule has 0 amide bonds. The van der Waals surface area contributed by atoms with Crippen molar-refractivity contribution >= 4 is 0 Å². The number of nitrogen functional groups attached to an aromatic ring is 1. The van der Waals surface area contributed by atoms with Gasteiger partial charge >= 0.3 is 0 Å². The van der Waals surface area contributed by atoms with Crippen molar-refractivity contribution in [1.82, 2.24) is 4.68 Å². The van der Waals surface area contributed by atoms with E-state index in [1.807, 2.05) is 30.3 Å². The van der Waals surface area contributed by atoms with Crippen molar-refractivity contribution in [1.29, 1.82) is 0 Å². The Labute approximate surface area is 130 Å². The van der Waals surface area contributed by atoms with E-state index in [4.69, 9.17) is 10.9 Å². The highest BCUT2D eigenvalue weighted by atomic mass is 16.3. The van der Waals surface area contributed by atoms with Crippen molar-refractivity contribution in [2.24, 2.45) is 0 Å². The summed E-state index contributed by atoms with van der Waals surface area (Å²) in [5.74, 6) is 6.36. The molecule has 0 saturated heterocycles. The lowest BCUT2D eigenvalue weighted by atomic mass is 9.86. The minimum absolute atomic E-state index is 0.0258. The Kier molecular flexibility index (Phi) is 4.29. The molecule has 4 nitrogen and oxygen atoms in total. The summed E-state index contributed by atoms with van der Waals surface area (Å²) in [4.78, 5) is 12.2. The second kappa shape index (κ2) is 6.36. The van der Waals surface area contributed by atoms with Crippen LogP contribution in [0.4, 0.5) is 0 Å². The predicted molar refractivity (Wildman–Crippen MR) is 88.0 cm³/mol. The number of pyridine rings is 1. The molecule has 1 heterocycles. The molecule has 1 aromatic carbocycles. The highest BCUT2D eigenvalue weighted by Crippen LogP contribution is 2.33. The third-order valence-electron chi connectivity index (χ3n) is 4.59. The smallest absolute Gasteiger partial charge is 0.269 e. The van der Waals surface area contributed by atoms with Crippen molar-refractivity contribution in [2.45, 2.75) is 44.6 Å². The van der Waals surface area contributed by atoms with Crippen LogP contribution in [0, 0.1) is 0 Å². The van der Waals surface area contributed by atoms with E-state index in [1.165, 1.54) is 23.9 Å². The highest BCUT2D eigenvalue weighted by Gasteiger charge is 2.19. The van der Waals surface area contributed by atoms with Crippen LogP contribution >= 0.6 is 0 Å². The van der Waals surface area contributed by atoms with Crippen molar-refractivity contribution in [3.8, 4) is 11.1 Å². The van der Waals surface area contributed by atoms with Gasteiger partial charge in [0.15, 0.2) is 0 Å². The number of benzene rings is 1. The van der Waals surface area contributed by atoms with Gasteiger partial charge in [-0.1, -0.05) is 43.5 Å². The fourth-order valence-corrected chi connectivity index (χ4v) is 3.28. The Hall–Kier alpha value is -2.07. The number of aliphatic hydroxyl groups excluding tert-OH is 1. The summed E-state index contributed by atoms with van der Waals surface area (Å²) in [6, 6.07) is 11.3. The molecular formula is C18H22N2O2. The van der Waals surface area contributed by atoms with Crippen LogP contribution < -0.4 is 11.4 Å². The summed E-state index contributed by atoms with van der Waals surface area (Å²) >= 11 is 0. The third kappa shape index (κ3) is 2.92. The van der Waals surface area contributed by atoms with E-state index in [2.05, 4.69) is 0 Å². The lowest BCUT2D eigenvalue weighted by molar-refractivity contribution is 0.282. The van der Waals surface area contributed by atoms with Crippen LogP contribution in [0.1, 0.15) is 49.3 Å². The molecular weight excluding hydrogens is 276 g/mol. The first kappa shape index (κ1) is 14.9. The molecule has 0 unspecified atom stereocenters. The van der Waals surface area contributed by atoms with Crippen LogP contribution in [0.2, 0.25) is 0 Å². The number of nitrogens with two attached hydrogens (primary N) is 1. The third-order valence-corrected chi connectivity index (χ3v) is 4.59. The quantitative estimate of drug-likeness (QED) is 0.856. The van der Waals surface area contributed by atoms with E-state index in [0.717, 1.165) is 35.2 Å². The highest BCUT2D eigenvalue weighted by molar-refractivity contribution is 5.64. The van der Waals surface area contributed by atoms with Gasteiger partial charge < -0.3 is 10.9 Å². The molecule has 3 N–H and O–H groups in total. The molecule has 0 bridgehead atoms. The Balaban J connectivity index is 2.01. The van der Waals surface area contributed by atoms with Crippen LogP contribution in [0.3, 0.4) is 0 Å². The van der Waals surface area contributed by atoms with E-state index < -0.39 is 0 Å². The summed E-state index contributed by atoms with van der Waals surface area (Å²) in [5, 5.41) is 9.12. The molecule has 4 heteroatoms. The van der Waals surface area contributed by atoms with Crippen LogP contribution in [0.5, 0.6) is 0 Å².